The molecule has 0 aliphatic heterocycles. The zero-order valence-electron chi connectivity index (χ0n) is 9.68. The molecule has 0 N–H and O–H groups in total. The molecule has 1 aromatic heterocycles. The van der Waals surface area contributed by atoms with Gasteiger partial charge in [0.2, 0.25) is 0 Å². The number of aryl methyl sites for hydroxylation is 1. The predicted octanol–water partition coefficient (Wildman–Crippen LogP) is 3.45. The maximum atomic E-state index is 2.27. The number of hydrogen-bond donors (Lipinski definition) is 0. The lowest BCUT2D eigenvalue weighted by molar-refractivity contribution is 0.569. The Morgan fingerprint density at radius 2 is 1.77 bits per heavy atom. The fourth-order valence-corrected chi connectivity index (χ4v) is 1.89. The maximum Gasteiger partial charge on any atom is 0.0234 e. The Labute approximate surface area is 81.8 Å². The smallest absolute Gasteiger partial charge is 0.0234 e. The third-order valence-corrected chi connectivity index (χ3v) is 2.48. The van der Waals surface area contributed by atoms with Gasteiger partial charge in [-0.2, -0.15) is 0 Å². The van der Waals surface area contributed by atoms with Crippen molar-refractivity contribution in [2.24, 2.45) is 7.05 Å². The monoisotopic (exact) mass is 179 g/mol. The topological polar surface area (TPSA) is 4.93 Å². The van der Waals surface area contributed by atoms with Gasteiger partial charge in [0, 0.05) is 18.9 Å². The van der Waals surface area contributed by atoms with E-state index in [-0.39, 0.29) is 5.41 Å². The molecule has 1 rings (SSSR count). The average molecular weight is 179 g/mol. The van der Waals surface area contributed by atoms with Gasteiger partial charge in [-0.05, 0) is 23.0 Å². The molecule has 0 aromatic carbocycles. The second-order valence-corrected chi connectivity index (χ2v) is 5.13. The Morgan fingerprint density at radius 3 is 2.08 bits per heavy atom. The van der Waals surface area contributed by atoms with E-state index in [0.29, 0.717) is 5.92 Å². The molecule has 0 saturated carbocycles. The number of nitrogens with zero attached hydrogens (tertiary/aromatic N) is 1. The van der Waals surface area contributed by atoms with E-state index in [1.54, 1.807) is 0 Å². The molecule has 0 amide bonds. The van der Waals surface area contributed by atoms with E-state index in [0.717, 1.165) is 0 Å². The molecular formula is C12H21N. The highest BCUT2D eigenvalue weighted by molar-refractivity contribution is 5.31. The van der Waals surface area contributed by atoms with Gasteiger partial charge in [0.25, 0.3) is 0 Å². The van der Waals surface area contributed by atoms with Crippen LogP contribution in [0.25, 0.3) is 0 Å². The maximum absolute atomic E-state index is 2.27. The highest BCUT2D eigenvalue weighted by Crippen LogP contribution is 2.30. The minimum atomic E-state index is 0.265. The molecule has 74 valence electrons. The SMILES string of the molecule is CC(C)c1c(C(C)(C)C)ccn1C. The van der Waals surface area contributed by atoms with Gasteiger partial charge in [-0.15, -0.1) is 0 Å². The molecule has 1 heteroatoms. The zero-order valence-corrected chi connectivity index (χ0v) is 9.68. The molecule has 1 heterocycles. The predicted molar refractivity (Wildman–Crippen MR) is 58.2 cm³/mol. The first kappa shape index (κ1) is 10.4. The molecule has 0 atom stereocenters. The lowest BCUT2D eigenvalue weighted by Crippen LogP contribution is -2.14. The van der Waals surface area contributed by atoms with Gasteiger partial charge in [-0.3, -0.25) is 0 Å². The summed E-state index contributed by atoms with van der Waals surface area (Å²) in [6.07, 6.45) is 2.16. The van der Waals surface area contributed by atoms with Crippen molar-refractivity contribution in [3.05, 3.63) is 23.5 Å². The second-order valence-electron chi connectivity index (χ2n) is 5.13. The fourth-order valence-electron chi connectivity index (χ4n) is 1.89. The Kier molecular flexibility index (Phi) is 2.56. The van der Waals surface area contributed by atoms with E-state index in [1.165, 1.54) is 11.3 Å². The van der Waals surface area contributed by atoms with Crippen molar-refractivity contribution in [3.8, 4) is 0 Å². The van der Waals surface area contributed by atoms with Crippen molar-refractivity contribution in [1.29, 1.82) is 0 Å². The van der Waals surface area contributed by atoms with Crippen molar-refractivity contribution in [2.45, 2.75) is 46.0 Å². The van der Waals surface area contributed by atoms with E-state index in [1.807, 2.05) is 0 Å². The summed E-state index contributed by atoms with van der Waals surface area (Å²) >= 11 is 0. The Hall–Kier alpha value is -0.720. The molecule has 13 heavy (non-hydrogen) atoms. The Bertz CT molecular complexity index is 287. The highest BCUT2D eigenvalue weighted by atomic mass is 14.9. The van der Waals surface area contributed by atoms with Crippen LogP contribution in [0.15, 0.2) is 12.3 Å². The summed E-state index contributed by atoms with van der Waals surface area (Å²) in [6.45, 7) is 11.3. The molecule has 0 spiro atoms. The van der Waals surface area contributed by atoms with Crippen LogP contribution in [-0.4, -0.2) is 4.57 Å². The number of rotatable bonds is 1. The van der Waals surface area contributed by atoms with Crippen LogP contribution in [0.5, 0.6) is 0 Å². The van der Waals surface area contributed by atoms with Gasteiger partial charge in [0.1, 0.15) is 0 Å². The molecule has 0 bridgehead atoms. The Balaban J connectivity index is 3.23. The molecular weight excluding hydrogens is 158 g/mol. The van der Waals surface area contributed by atoms with Crippen LogP contribution in [0.3, 0.4) is 0 Å². The van der Waals surface area contributed by atoms with E-state index in [9.17, 15) is 0 Å². The summed E-state index contributed by atoms with van der Waals surface area (Å²) in [4.78, 5) is 0. The van der Waals surface area contributed by atoms with Crippen LogP contribution in [0.4, 0.5) is 0 Å². The fraction of sp³-hybridized carbons (Fsp3) is 0.667. The van der Waals surface area contributed by atoms with Gasteiger partial charge in [-0.25, -0.2) is 0 Å². The van der Waals surface area contributed by atoms with Crippen molar-refractivity contribution in [2.75, 3.05) is 0 Å². The molecule has 0 unspecified atom stereocenters. The van der Waals surface area contributed by atoms with Gasteiger partial charge < -0.3 is 4.57 Å². The highest BCUT2D eigenvalue weighted by Gasteiger charge is 2.21. The summed E-state index contributed by atoms with van der Waals surface area (Å²) in [5, 5.41) is 0. The van der Waals surface area contributed by atoms with Crippen LogP contribution >= 0.6 is 0 Å². The third-order valence-electron chi connectivity index (χ3n) is 2.48. The van der Waals surface area contributed by atoms with Crippen LogP contribution in [-0.2, 0) is 12.5 Å². The first-order valence-corrected chi connectivity index (χ1v) is 4.99. The minimum absolute atomic E-state index is 0.265. The summed E-state index contributed by atoms with van der Waals surface area (Å²) in [5.74, 6) is 0.606. The molecule has 1 aromatic rings. The first-order chi connectivity index (χ1) is 5.84. The molecule has 0 radical (unpaired) electrons. The number of hydrogen-bond acceptors (Lipinski definition) is 0. The van der Waals surface area contributed by atoms with Crippen LogP contribution in [0.1, 0.15) is 51.8 Å². The van der Waals surface area contributed by atoms with Crippen molar-refractivity contribution in [3.63, 3.8) is 0 Å². The zero-order chi connectivity index (χ0) is 10.2. The van der Waals surface area contributed by atoms with E-state index < -0.39 is 0 Å². The summed E-state index contributed by atoms with van der Waals surface area (Å²) in [6, 6.07) is 2.25. The molecule has 0 saturated heterocycles. The van der Waals surface area contributed by atoms with Crippen LogP contribution in [0.2, 0.25) is 0 Å². The first-order valence-electron chi connectivity index (χ1n) is 4.99. The molecule has 0 aliphatic carbocycles. The van der Waals surface area contributed by atoms with Gasteiger partial charge in [-0.1, -0.05) is 34.6 Å². The summed E-state index contributed by atoms with van der Waals surface area (Å²) < 4.78 is 2.24. The lowest BCUT2D eigenvalue weighted by Gasteiger charge is -2.22. The van der Waals surface area contributed by atoms with Crippen molar-refractivity contribution >= 4 is 0 Å². The van der Waals surface area contributed by atoms with Crippen molar-refractivity contribution in [1.82, 2.24) is 4.57 Å². The van der Waals surface area contributed by atoms with Gasteiger partial charge in [0.15, 0.2) is 0 Å². The van der Waals surface area contributed by atoms with Gasteiger partial charge in [0.05, 0.1) is 0 Å². The molecule has 0 aliphatic rings. The standard InChI is InChI=1S/C12H21N/c1-9(2)11-10(12(3,4)5)7-8-13(11)6/h7-9H,1-6H3. The molecule has 0 fully saturated rings. The van der Waals surface area contributed by atoms with E-state index in [4.69, 9.17) is 0 Å². The Morgan fingerprint density at radius 1 is 1.23 bits per heavy atom. The summed E-state index contributed by atoms with van der Waals surface area (Å²) in [5.41, 5.74) is 3.21. The van der Waals surface area contributed by atoms with Gasteiger partial charge >= 0.3 is 0 Å². The van der Waals surface area contributed by atoms with E-state index in [2.05, 4.69) is 58.5 Å². The largest absolute Gasteiger partial charge is 0.354 e. The third kappa shape index (κ3) is 1.96. The summed E-state index contributed by atoms with van der Waals surface area (Å²) in [7, 11) is 2.13. The number of aromatic nitrogens is 1. The second kappa shape index (κ2) is 3.21. The van der Waals surface area contributed by atoms with Crippen LogP contribution < -0.4 is 0 Å². The molecule has 1 nitrogen and oxygen atoms in total. The lowest BCUT2D eigenvalue weighted by atomic mass is 9.84. The minimum Gasteiger partial charge on any atom is -0.354 e. The normalized spacial score (nSPS) is 12.5. The van der Waals surface area contributed by atoms with Crippen molar-refractivity contribution < 1.29 is 0 Å². The van der Waals surface area contributed by atoms with Crippen LogP contribution in [0, 0.1) is 0 Å². The quantitative estimate of drug-likeness (QED) is 0.622. The average Bonchev–Trinajstić information content (AvgIpc) is 2.28. The van der Waals surface area contributed by atoms with E-state index >= 15 is 0 Å².